The minimum absolute atomic E-state index is 0.0281. The van der Waals surface area contributed by atoms with Crippen LogP contribution in [0, 0.1) is 28.6 Å². The van der Waals surface area contributed by atoms with Gasteiger partial charge in [0.1, 0.15) is 0 Å². The summed E-state index contributed by atoms with van der Waals surface area (Å²) in [5.41, 5.74) is 0.318. The normalized spacial score (nSPS) is 33.8. The molecule has 0 radical (unpaired) electrons. The molecular formula is C17H29NOS. The van der Waals surface area contributed by atoms with E-state index in [1.54, 1.807) is 0 Å². The van der Waals surface area contributed by atoms with Crippen LogP contribution in [0.4, 0.5) is 0 Å². The predicted molar refractivity (Wildman–Crippen MR) is 84.7 cm³/mol. The van der Waals surface area contributed by atoms with Gasteiger partial charge in [0.15, 0.2) is 0 Å². The van der Waals surface area contributed by atoms with E-state index in [1.165, 1.54) is 12.8 Å². The molecule has 4 unspecified atom stereocenters. The molecule has 0 spiro atoms. The quantitative estimate of drug-likeness (QED) is 0.770. The van der Waals surface area contributed by atoms with Crippen LogP contribution in [0.1, 0.15) is 72.1 Å². The fourth-order valence-corrected chi connectivity index (χ4v) is 6.13. The van der Waals surface area contributed by atoms with E-state index in [0.717, 1.165) is 38.5 Å². The highest BCUT2D eigenvalue weighted by molar-refractivity contribution is 7.86. The minimum Gasteiger partial charge on any atom is -0.259 e. The molecule has 114 valence electrons. The van der Waals surface area contributed by atoms with E-state index in [2.05, 4.69) is 26.8 Å². The Labute approximate surface area is 126 Å². The molecule has 0 N–H and O–H groups in total. The van der Waals surface area contributed by atoms with Gasteiger partial charge in [0.05, 0.1) is 17.2 Å². The lowest BCUT2D eigenvalue weighted by molar-refractivity contribution is 0.142. The highest BCUT2D eigenvalue weighted by Gasteiger charge is 2.41. The van der Waals surface area contributed by atoms with Crippen LogP contribution in [0.2, 0.25) is 0 Å². The molecule has 0 bridgehead atoms. The Balaban J connectivity index is 2.10. The Kier molecular flexibility index (Phi) is 5.29. The zero-order valence-electron chi connectivity index (χ0n) is 13.2. The Morgan fingerprint density at radius 2 is 1.85 bits per heavy atom. The summed E-state index contributed by atoms with van der Waals surface area (Å²) in [7, 11) is -0.792. The summed E-state index contributed by atoms with van der Waals surface area (Å²) in [4.78, 5) is 0. The van der Waals surface area contributed by atoms with E-state index in [0.29, 0.717) is 16.6 Å². The monoisotopic (exact) mass is 295 g/mol. The molecule has 0 aliphatic heterocycles. The fourth-order valence-electron chi connectivity index (χ4n) is 3.90. The van der Waals surface area contributed by atoms with Gasteiger partial charge in [-0.25, -0.2) is 0 Å². The van der Waals surface area contributed by atoms with Crippen LogP contribution in [-0.4, -0.2) is 14.7 Å². The van der Waals surface area contributed by atoms with E-state index >= 15 is 0 Å². The first-order valence-electron chi connectivity index (χ1n) is 8.28. The summed E-state index contributed by atoms with van der Waals surface area (Å²) in [6.45, 7) is 6.92. The Morgan fingerprint density at radius 1 is 1.20 bits per heavy atom. The molecule has 4 atom stereocenters. The first-order chi connectivity index (χ1) is 9.49. The van der Waals surface area contributed by atoms with E-state index in [1.807, 2.05) is 0 Å². The molecule has 2 saturated carbocycles. The van der Waals surface area contributed by atoms with Crippen molar-refractivity contribution < 1.29 is 4.21 Å². The third kappa shape index (κ3) is 3.27. The van der Waals surface area contributed by atoms with Crippen molar-refractivity contribution in [1.29, 1.82) is 5.26 Å². The van der Waals surface area contributed by atoms with Gasteiger partial charge in [0, 0.05) is 16.0 Å². The fraction of sp³-hybridized carbons (Fsp3) is 0.941. The van der Waals surface area contributed by atoms with Gasteiger partial charge in [-0.2, -0.15) is 5.26 Å². The number of nitriles is 1. The second kappa shape index (κ2) is 6.60. The van der Waals surface area contributed by atoms with Crippen LogP contribution in [0.3, 0.4) is 0 Å². The van der Waals surface area contributed by atoms with Crippen LogP contribution in [-0.2, 0) is 10.8 Å². The van der Waals surface area contributed by atoms with Crippen molar-refractivity contribution in [2.24, 2.45) is 17.3 Å². The van der Waals surface area contributed by atoms with Gasteiger partial charge in [0.25, 0.3) is 0 Å². The van der Waals surface area contributed by atoms with Crippen LogP contribution in [0.5, 0.6) is 0 Å². The molecule has 0 aromatic carbocycles. The second-order valence-corrected chi connectivity index (χ2v) is 9.29. The predicted octanol–water partition coefficient (Wildman–Crippen LogP) is 4.42. The zero-order valence-corrected chi connectivity index (χ0v) is 14.0. The summed E-state index contributed by atoms with van der Waals surface area (Å²) in [6.07, 6.45) is 8.94. The van der Waals surface area contributed by atoms with Gasteiger partial charge in [-0.15, -0.1) is 0 Å². The lowest BCUT2D eigenvalue weighted by Gasteiger charge is -2.41. The molecule has 2 nitrogen and oxygen atoms in total. The van der Waals surface area contributed by atoms with Crippen molar-refractivity contribution in [3.05, 3.63) is 0 Å². The molecule has 0 heterocycles. The zero-order chi connectivity index (χ0) is 14.8. The first-order valence-corrected chi connectivity index (χ1v) is 9.56. The van der Waals surface area contributed by atoms with Crippen LogP contribution in [0.25, 0.3) is 0 Å². The maximum absolute atomic E-state index is 12.9. The molecular weight excluding hydrogens is 266 g/mol. The second-order valence-electron chi connectivity index (χ2n) is 7.36. The SMILES string of the molecule is CCC(C)(C)C1CCC(C#N)C(S(=O)C2CCCC2)C1. The topological polar surface area (TPSA) is 40.9 Å². The van der Waals surface area contributed by atoms with Crippen LogP contribution in [0.15, 0.2) is 0 Å². The molecule has 2 rings (SSSR count). The Bertz CT molecular complexity index is 392. The molecule has 0 amide bonds. The number of hydrogen-bond donors (Lipinski definition) is 0. The molecule has 0 aromatic rings. The standard InChI is InChI=1S/C17H29NOS/c1-4-17(2,3)14-10-9-13(12-18)16(11-14)20(19)15-7-5-6-8-15/h13-16H,4-11H2,1-3H3. The molecule has 3 heteroatoms. The van der Waals surface area contributed by atoms with Crippen molar-refractivity contribution in [2.75, 3.05) is 0 Å². The van der Waals surface area contributed by atoms with Crippen molar-refractivity contribution in [3.63, 3.8) is 0 Å². The van der Waals surface area contributed by atoms with E-state index in [4.69, 9.17) is 0 Å². The van der Waals surface area contributed by atoms with Crippen molar-refractivity contribution in [1.82, 2.24) is 0 Å². The molecule has 0 aromatic heterocycles. The van der Waals surface area contributed by atoms with Crippen LogP contribution < -0.4 is 0 Å². The third-order valence-electron chi connectivity index (χ3n) is 5.90. The van der Waals surface area contributed by atoms with Crippen molar-refractivity contribution >= 4 is 10.8 Å². The number of hydrogen-bond acceptors (Lipinski definition) is 2. The Hall–Kier alpha value is -0.360. The van der Waals surface area contributed by atoms with Crippen LogP contribution >= 0.6 is 0 Å². The molecule has 2 aliphatic rings. The van der Waals surface area contributed by atoms with Gasteiger partial charge >= 0.3 is 0 Å². The summed E-state index contributed by atoms with van der Waals surface area (Å²) < 4.78 is 12.9. The van der Waals surface area contributed by atoms with Gasteiger partial charge in [-0.05, 0) is 43.4 Å². The van der Waals surface area contributed by atoms with Crippen molar-refractivity contribution in [2.45, 2.75) is 82.6 Å². The first kappa shape index (κ1) is 16.0. The molecule has 2 aliphatic carbocycles. The maximum atomic E-state index is 12.9. The lowest BCUT2D eigenvalue weighted by atomic mass is 9.67. The minimum atomic E-state index is -0.792. The molecule has 0 saturated heterocycles. The highest BCUT2D eigenvalue weighted by atomic mass is 32.2. The average Bonchev–Trinajstić information content (AvgIpc) is 3.00. The van der Waals surface area contributed by atoms with Gasteiger partial charge in [-0.1, -0.05) is 40.0 Å². The smallest absolute Gasteiger partial charge is 0.0668 e. The van der Waals surface area contributed by atoms with E-state index in [9.17, 15) is 9.47 Å². The largest absolute Gasteiger partial charge is 0.259 e. The van der Waals surface area contributed by atoms with E-state index in [-0.39, 0.29) is 11.2 Å². The molecule has 20 heavy (non-hydrogen) atoms. The maximum Gasteiger partial charge on any atom is 0.0668 e. The summed E-state index contributed by atoms with van der Waals surface area (Å²) in [5.74, 6) is 0.660. The third-order valence-corrected chi connectivity index (χ3v) is 8.15. The lowest BCUT2D eigenvalue weighted by Crippen LogP contribution is -2.40. The average molecular weight is 295 g/mol. The summed E-state index contributed by atoms with van der Waals surface area (Å²) in [6, 6.07) is 2.46. The highest BCUT2D eigenvalue weighted by Crippen LogP contribution is 2.44. The summed E-state index contributed by atoms with van der Waals surface area (Å²) in [5, 5.41) is 9.92. The van der Waals surface area contributed by atoms with Gasteiger partial charge in [0.2, 0.25) is 0 Å². The summed E-state index contributed by atoms with van der Waals surface area (Å²) >= 11 is 0. The number of rotatable bonds is 4. The van der Waals surface area contributed by atoms with Crippen molar-refractivity contribution in [3.8, 4) is 6.07 Å². The Morgan fingerprint density at radius 3 is 2.40 bits per heavy atom. The van der Waals surface area contributed by atoms with Gasteiger partial charge in [-0.3, -0.25) is 4.21 Å². The van der Waals surface area contributed by atoms with Gasteiger partial charge < -0.3 is 0 Å². The molecule has 2 fully saturated rings. The van der Waals surface area contributed by atoms with E-state index < -0.39 is 10.8 Å². The number of nitrogens with zero attached hydrogens (tertiary/aromatic N) is 1.